The lowest BCUT2D eigenvalue weighted by atomic mass is 10.2. The number of halogens is 1. The van der Waals surface area contributed by atoms with Crippen LogP contribution in [0.5, 0.6) is 0 Å². The molecule has 0 aliphatic carbocycles. The summed E-state index contributed by atoms with van der Waals surface area (Å²) < 4.78 is 1.19. The highest BCUT2D eigenvalue weighted by Crippen LogP contribution is 2.19. The number of aromatic nitrogens is 1. The number of nitrogens with one attached hydrogen (secondary N) is 1. The van der Waals surface area contributed by atoms with Gasteiger partial charge >= 0.3 is 0 Å². The molecule has 0 atom stereocenters. The molecule has 4 heteroatoms. The number of aryl methyl sites for hydroxylation is 1. The first-order valence-corrected chi connectivity index (χ1v) is 5.98. The van der Waals surface area contributed by atoms with Crippen molar-refractivity contribution in [3.05, 3.63) is 45.7 Å². The van der Waals surface area contributed by atoms with Gasteiger partial charge in [0.05, 0.1) is 11.9 Å². The van der Waals surface area contributed by atoms with Gasteiger partial charge in [0, 0.05) is 9.26 Å². The molecule has 1 aromatic heterocycles. The molecule has 0 bridgehead atoms. The van der Waals surface area contributed by atoms with Gasteiger partial charge in [-0.15, -0.1) is 0 Å². The zero-order valence-corrected chi connectivity index (χ0v) is 11.0. The van der Waals surface area contributed by atoms with E-state index in [-0.39, 0.29) is 0 Å². The summed E-state index contributed by atoms with van der Waals surface area (Å²) in [5.74, 6) is 0.814. The SMILES string of the molecule is Cc1cc(Nc2cccc(I)c2)ncc1N. The van der Waals surface area contributed by atoms with Gasteiger partial charge in [-0.25, -0.2) is 4.98 Å². The largest absolute Gasteiger partial charge is 0.397 e. The van der Waals surface area contributed by atoms with Crippen LogP contribution < -0.4 is 11.1 Å². The van der Waals surface area contributed by atoms with Crippen molar-refractivity contribution in [2.75, 3.05) is 11.1 Å². The quantitative estimate of drug-likeness (QED) is 0.833. The molecule has 0 saturated heterocycles. The first kappa shape index (κ1) is 11.2. The van der Waals surface area contributed by atoms with E-state index < -0.39 is 0 Å². The van der Waals surface area contributed by atoms with Gasteiger partial charge in [0.25, 0.3) is 0 Å². The summed E-state index contributed by atoms with van der Waals surface area (Å²) in [6, 6.07) is 10.1. The Balaban J connectivity index is 2.24. The third-order valence-corrected chi connectivity index (χ3v) is 2.92. The van der Waals surface area contributed by atoms with Crippen molar-refractivity contribution in [2.45, 2.75) is 6.92 Å². The number of nitrogen functional groups attached to an aromatic ring is 1. The lowest BCUT2D eigenvalue weighted by molar-refractivity contribution is 1.28. The maximum Gasteiger partial charge on any atom is 0.130 e. The second-order valence-electron chi connectivity index (χ2n) is 3.56. The predicted molar refractivity (Wildman–Crippen MR) is 75.8 cm³/mol. The number of nitrogens with two attached hydrogens (primary N) is 1. The van der Waals surface area contributed by atoms with Crippen LogP contribution >= 0.6 is 22.6 Å². The normalized spacial score (nSPS) is 10.1. The van der Waals surface area contributed by atoms with Crippen LogP contribution in [0.4, 0.5) is 17.2 Å². The topological polar surface area (TPSA) is 50.9 Å². The van der Waals surface area contributed by atoms with Gasteiger partial charge in [-0.05, 0) is 59.3 Å². The Morgan fingerprint density at radius 2 is 2.12 bits per heavy atom. The fraction of sp³-hybridized carbons (Fsp3) is 0.0833. The van der Waals surface area contributed by atoms with Crippen molar-refractivity contribution in [2.24, 2.45) is 0 Å². The molecule has 2 aromatic rings. The highest BCUT2D eigenvalue weighted by atomic mass is 127. The number of nitrogens with zero attached hydrogens (tertiary/aromatic N) is 1. The molecular formula is C12H12IN3. The van der Waals surface area contributed by atoms with Crippen LogP contribution in [-0.4, -0.2) is 4.98 Å². The maximum atomic E-state index is 5.71. The number of pyridine rings is 1. The van der Waals surface area contributed by atoms with Gasteiger partial charge in [0.1, 0.15) is 5.82 Å². The fourth-order valence-corrected chi connectivity index (χ4v) is 1.89. The van der Waals surface area contributed by atoms with Crippen LogP contribution in [0.1, 0.15) is 5.56 Å². The number of anilines is 3. The molecule has 0 aliphatic heterocycles. The van der Waals surface area contributed by atoms with E-state index in [4.69, 9.17) is 5.73 Å². The van der Waals surface area contributed by atoms with Crippen molar-refractivity contribution >= 4 is 39.8 Å². The minimum atomic E-state index is 0.716. The van der Waals surface area contributed by atoms with E-state index in [1.54, 1.807) is 6.20 Å². The van der Waals surface area contributed by atoms with E-state index in [0.717, 1.165) is 17.1 Å². The summed E-state index contributed by atoms with van der Waals surface area (Å²) in [5, 5.41) is 3.24. The molecule has 1 aromatic carbocycles. The van der Waals surface area contributed by atoms with Crippen LogP contribution in [0.25, 0.3) is 0 Å². The van der Waals surface area contributed by atoms with Crippen LogP contribution in [0.15, 0.2) is 36.5 Å². The van der Waals surface area contributed by atoms with Gasteiger partial charge < -0.3 is 11.1 Å². The smallest absolute Gasteiger partial charge is 0.130 e. The van der Waals surface area contributed by atoms with Crippen molar-refractivity contribution in [3.8, 4) is 0 Å². The minimum absolute atomic E-state index is 0.716. The summed E-state index contributed by atoms with van der Waals surface area (Å²) in [6.07, 6.45) is 1.67. The molecule has 82 valence electrons. The van der Waals surface area contributed by atoms with E-state index in [1.165, 1.54) is 3.57 Å². The van der Waals surface area contributed by atoms with Gasteiger partial charge in [0.15, 0.2) is 0 Å². The number of hydrogen-bond donors (Lipinski definition) is 2. The zero-order chi connectivity index (χ0) is 11.5. The predicted octanol–water partition coefficient (Wildman–Crippen LogP) is 3.32. The average Bonchev–Trinajstić information content (AvgIpc) is 2.24. The number of rotatable bonds is 2. The maximum absolute atomic E-state index is 5.71. The van der Waals surface area contributed by atoms with E-state index in [9.17, 15) is 0 Å². The summed E-state index contributed by atoms with van der Waals surface area (Å²) in [5.41, 5.74) is 8.49. The van der Waals surface area contributed by atoms with Crippen molar-refractivity contribution < 1.29 is 0 Å². The Labute approximate surface area is 108 Å². The highest BCUT2D eigenvalue weighted by Gasteiger charge is 1.99. The molecule has 1 heterocycles. The number of hydrogen-bond acceptors (Lipinski definition) is 3. The Morgan fingerprint density at radius 3 is 2.81 bits per heavy atom. The molecule has 3 nitrogen and oxygen atoms in total. The first-order chi connectivity index (χ1) is 7.65. The molecule has 2 rings (SSSR count). The minimum Gasteiger partial charge on any atom is -0.397 e. The Kier molecular flexibility index (Phi) is 3.28. The fourth-order valence-electron chi connectivity index (χ4n) is 1.35. The number of benzene rings is 1. The lowest BCUT2D eigenvalue weighted by Gasteiger charge is -2.07. The van der Waals surface area contributed by atoms with Crippen molar-refractivity contribution in [3.63, 3.8) is 0 Å². The van der Waals surface area contributed by atoms with E-state index in [2.05, 4.69) is 39.0 Å². The second kappa shape index (κ2) is 4.69. The lowest BCUT2D eigenvalue weighted by Crippen LogP contribution is -1.97. The van der Waals surface area contributed by atoms with Crippen LogP contribution in [0.3, 0.4) is 0 Å². The van der Waals surface area contributed by atoms with Crippen LogP contribution in [0, 0.1) is 10.5 Å². The van der Waals surface area contributed by atoms with E-state index >= 15 is 0 Å². The van der Waals surface area contributed by atoms with E-state index in [0.29, 0.717) is 5.69 Å². The third-order valence-electron chi connectivity index (χ3n) is 2.25. The molecule has 0 fully saturated rings. The van der Waals surface area contributed by atoms with Gasteiger partial charge in [0.2, 0.25) is 0 Å². The first-order valence-electron chi connectivity index (χ1n) is 4.90. The summed E-state index contributed by atoms with van der Waals surface area (Å²) >= 11 is 2.28. The molecule has 0 amide bonds. The Bertz CT molecular complexity index is 511. The van der Waals surface area contributed by atoms with Crippen LogP contribution in [0.2, 0.25) is 0 Å². The Morgan fingerprint density at radius 1 is 1.31 bits per heavy atom. The van der Waals surface area contributed by atoms with Gasteiger partial charge in [-0.1, -0.05) is 6.07 Å². The molecular weight excluding hydrogens is 313 g/mol. The molecule has 0 radical (unpaired) electrons. The summed E-state index contributed by atoms with van der Waals surface area (Å²) in [7, 11) is 0. The molecule has 0 aliphatic rings. The second-order valence-corrected chi connectivity index (χ2v) is 4.81. The third kappa shape index (κ3) is 2.63. The average molecular weight is 325 g/mol. The summed E-state index contributed by atoms with van der Waals surface area (Å²) in [4.78, 5) is 4.23. The van der Waals surface area contributed by atoms with Crippen molar-refractivity contribution in [1.29, 1.82) is 0 Å². The summed E-state index contributed by atoms with van der Waals surface area (Å²) in [6.45, 7) is 1.97. The monoisotopic (exact) mass is 325 g/mol. The molecule has 0 spiro atoms. The van der Waals surface area contributed by atoms with Crippen molar-refractivity contribution in [1.82, 2.24) is 4.98 Å². The Hall–Kier alpha value is -1.30. The molecule has 0 unspecified atom stereocenters. The molecule has 0 saturated carbocycles. The molecule has 16 heavy (non-hydrogen) atoms. The highest BCUT2D eigenvalue weighted by molar-refractivity contribution is 14.1. The van der Waals surface area contributed by atoms with Crippen LogP contribution in [-0.2, 0) is 0 Å². The zero-order valence-electron chi connectivity index (χ0n) is 8.87. The molecule has 3 N–H and O–H groups in total. The van der Waals surface area contributed by atoms with Gasteiger partial charge in [-0.3, -0.25) is 0 Å². The van der Waals surface area contributed by atoms with E-state index in [1.807, 2.05) is 31.2 Å². The van der Waals surface area contributed by atoms with Gasteiger partial charge in [-0.2, -0.15) is 0 Å². The standard InChI is InChI=1S/C12H12IN3/c1-8-5-12(15-7-11(8)14)16-10-4-2-3-9(13)6-10/h2-7H,14H2,1H3,(H,15,16).